The molecule has 33 heavy (non-hydrogen) atoms. The summed E-state index contributed by atoms with van der Waals surface area (Å²) < 4.78 is 1.76. The number of nitrogens with zero attached hydrogens (tertiary/aromatic N) is 4. The number of nitrogens with one attached hydrogen (secondary N) is 1. The van der Waals surface area contributed by atoms with Gasteiger partial charge in [-0.25, -0.2) is 4.98 Å². The molecule has 3 heterocycles. The van der Waals surface area contributed by atoms with E-state index in [1.165, 1.54) is 5.56 Å². The van der Waals surface area contributed by atoms with Crippen LogP contribution in [0.15, 0.2) is 66.7 Å². The number of pyridine rings is 1. The average molecular weight is 440 g/mol. The fourth-order valence-electron chi connectivity index (χ4n) is 4.72. The summed E-state index contributed by atoms with van der Waals surface area (Å²) in [5, 5.41) is 8.66. The number of carbonyl (C=O) groups is 1. The van der Waals surface area contributed by atoms with E-state index in [1.54, 1.807) is 4.68 Å². The van der Waals surface area contributed by atoms with E-state index in [1.807, 2.05) is 50.4 Å². The average Bonchev–Trinajstić information content (AvgIpc) is 3.14. The SMILES string of the molecule is Cc1nn(C)c2nc(-c3ccccc3)cc(C(=O)NC3CCN(Cc4ccccc4)CC3)c12. The maximum absolute atomic E-state index is 13.5. The van der Waals surface area contributed by atoms with E-state index in [2.05, 4.69) is 45.6 Å². The van der Waals surface area contributed by atoms with Gasteiger partial charge in [-0.15, -0.1) is 0 Å². The van der Waals surface area contributed by atoms with Gasteiger partial charge in [0.05, 0.1) is 22.3 Å². The van der Waals surface area contributed by atoms with Gasteiger partial charge in [-0.2, -0.15) is 5.10 Å². The van der Waals surface area contributed by atoms with E-state index in [0.29, 0.717) is 5.56 Å². The van der Waals surface area contributed by atoms with Crippen LogP contribution in [-0.4, -0.2) is 44.7 Å². The molecule has 6 heteroatoms. The zero-order valence-electron chi connectivity index (χ0n) is 19.2. The minimum absolute atomic E-state index is 0.0443. The van der Waals surface area contributed by atoms with Crippen LogP contribution in [0.2, 0.25) is 0 Å². The number of carbonyl (C=O) groups excluding carboxylic acids is 1. The fourth-order valence-corrected chi connectivity index (χ4v) is 4.72. The molecule has 0 saturated carbocycles. The molecule has 0 atom stereocenters. The molecule has 0 spiro atoms. The molecule has 1 saturated heterocycles. The maximum atomic E-state index is 13.5. The van der Waals surface area contributed by atoms with Gasteiger partial charge in [-0.1, -0.05) is 60.7 Å². The quantitative estimate of drug-likeness (QED) is 0.503. The Kier molecular flexibility index (Phi) is 5.92. The van der Waals surface area contributed by atoms with E-state index < -0.39 is 0 Å². The standard InChI is InChI=1S/C27H29N5O/c1-19-25-23(17-24(21-11-7-4-8-12-21)29-26(25)31(2)30-19)27(33)28-22-13-15-32(16-14-22)18-20-9-5-3-6-10-20/h3-12,17,22H,13-16,18H2,1-2H3,(H,28,33). The molecule has 4 aromatic rings. The van der Waals surface area contributed by atoms with Gasteiger partial charge >= 0.3 is 0 Å². The molecule has 168 valence electrons. The topological polar surface area (TPSA) is 63.1 Å². The summed E-state index contributed by atoms with van der Waals surface area (Å²) in [4.78, 5) is 20.7. The fraction of sp³-hybridized carbons (Fsp3) is 0.296. The molecule has 2 aromatic carbocycles. The zero-order valence-corrected chi connectivity index (χ0v) is 19.2. The van der Waals surface area contributed by atoms with E-state index in [-0.39, 0.29) is 11.9 Å². The molecule has 1 N–H and O–H groups in total. The first-order valence-electron chi connectivity index (χ1n) is 11.6. The van der Waals surface area contributed by atoms with Crippen molar-refractivity contribution in [3.05, 3.63) is 83.6 Å². The van der Waals surface area contributed by atoms with Gasteiger partial charge in [0.15, 0.2) is 5.65 Å². The highest BCUT2D eigenvalue weighted by atomic mass is 16.1. The van der Waals surface area contributed by atoms with Gasteiger partial charge in [0, 0.05) is 38.3 Å². The van der Waals surface area contributed by atoms with Crippen LogP contribution in [-0.2, 0) is 13.6 Å². The van der Waals surface area contributed by atoms with Crippen molar-refractivity contribution in [1.82, 2.24) is 25.0 Å². The maximum Gasteiger partial charge on any atom is 0.252 e. The van der Waals surface area contributed by atoms with Crippen molar-refractivity contribution < 1.29 is 4.79 Å². The Morgan fingerprint density at radius 3 is 2.39 bits per heavy atom. The Labute approximate surface area is 194 Å². The second-order valence-electron chi connectivity index (χ2n) is 8.84. The number of aryl methyl sites for hydroxylation is 2. The summed E-state index contributed by atoms with van der Waals surface area (Å²) in [7, 11) is 1.88. The lowest BCUT2D eigenvalue weighted by Gasteiger charge is -2.32. The Morgan fingerprint density at radius 1 is 1.03 bits per heavy atom. The molecule has 1 fully saturated rings. The first-order chi connectivity index (χ1) is 16.1. The van der Waals surface area contributed by atoms with Crippen LogP contribution >= 0.6 is 0 Å². The molecule has 0 radical (unpaired) electrons. The molecule has 0 bridgehead atoms. The number of aromatic nitrogens is 3. The van der Waals surface area contributed by atoms with Crippen LogP contribution in [0.5, 0.6) is 0 Å². The number of benzene rings is 2. The first kappa shape index (κ1) is 21.3. The van der Waals surface area contributed by atoms with Crippen LogP contribution in [0.3, 0.4) is 0 Å². The summed E-state index contributed by atoms with van der Waals surface area (Å²) in [5.41, 5.74) is 5.31. The summed E-state index contributed by atoms with van der Waals surface area (Å²) >= 11 is 0. The molecule has 1 aliphatic rings. The van der Waals surface area contributed by atoms with Crippen molar-refractivity contribution in [3.63, 3.8) is 0 Å². The monoisotopic (exact) mass is 439 g/mol. The third-order valence-corrected chi connectivity index (χ3v) is 6.45. The highest BCUT2D eigenvalue weighted by Gasteiger charge is 2.24. The van der Waals surface area contributed by atoms with Crippen LogP contribution in [0.25, 0.3) is 22.3 Å². The highest BCUT2D eigenvalue weighted by Crippen LogP contribution is 2.27. The number of rotatable bonds is 5. The number of piperidine rings is 1. The van der Waals surface area contributed by atoms with E-state index in [0.717, 1.165) is 60.5 Å². The molecule has 0 unspecified atom stereocenters. The van der Waals surface area contributed by atoms with Gasteiger partial charge in [0.1, 0.15) is 0 Å². The minimum atomic E-state index is -0.0443. The van der Waals surface area contributed by atoms with Crippen molar-refractivity contribution in [1.29, 1.82) is 0 Å². The first-order valence-corrected chi connectivity index (χ1v) is 11.6. The molecule has 6 nitrogen and oxygen atoms in total. The molecule has 0 aliphatic carbocycles. The van der Waals surface area contributed by atoms with E-state index in [9.17, 15) is 4.79 Å². The number of amides is 1. The lowest BCUT2D eigenvalue weighted by Crippen LogP contribution is -2.44. The summed E-state index contributed by atoms with van der Waals surface area (Å²) in [6.07, 6.45) is 1.90. The zero-order chi connectivity index (χ0) is 22.8. The molecule has 2 aromatic heterocycles. The van der Waals surface area contributed by atoms with Gasteiger partial charge in [0.2, 0.25) is 0 Å². The summed E-state index contributed by atoms with van der Waals surface area (Å²) in [6, 6.07) is 22.6. The Bertz CT molecular complexity index is 1260. The van der Waals surface area contributed by atoms with Crippen LogP contribution in [0.1, 0.15) is 34.5 Å². The molecular weight excluding hydrogens is 410 g/mol. The third-order valence-electron chi connectivity index (χ3n) is 6.45. The largest absolute Gasteiger partial charge is 0.349 e. The number of likely N-dealkylation sites (tertiary alicyclic amines) is 1. The molecule has 1 amide bonds. The van der Waals surface area contributed by atoms with Crippen LogP contribution in [0, 0.1) is 6.92 Å². The Hall–Kier alpha value is -3.51. The van der Waals surface area contributed by atoms with Crippen molar-refractivity contribution >= 4 is 16.9 Å². The van der Waals surface area contributed by atoms with Crippen molar-refractivity contribution in [3.8, 4) is 11.3 Å². The van der Waals surface area contributed by atoms with Gasteiger partial charge < -0.3 is 5.32 Å². The second kappa shape index (κ2) is 9.16. The Morgan fingerprint density at radius 2 is 1.70 bits per heavy atom. The molecular formula is C27H29N5O. The summed E-state index contributed by atoms with van der Waals surface area (Å²) in [5.74, 6) is -0.0443. The van der Waals surface area contributed by atoms with Crippen molar-refractivity contribution in [2.75, 3.05) is 13.1 Å². The Balaban J connectivity index is 1.34. The van der Waals surface area contributed by atoms with Crippen LogP contribution < -0.4 is 5.32 Å². The predicted molar refractivity (Wildman–Crippen MR) is 131 cm³/mol. The smallest absolute Gasteiger partial charge is 0.252 e. The molecule has 1 aliphatic heterocycles. The minimum Gasteiger partial charge on any atom is -0.349 e. The lowest BCUT2D eigenvalue weighted by atomic mass is 10.0. The number of fused-ring (bicyclic) bond motifs is 1. The van der Waals surface area contributed by atoms with Gasteiger partial charge in [0.25, 0.3) is 5.91 Å². The lowest BCUT2D eigenvalue weighted by molar-refractivity contribution is 0.0910. The van der Waals surface area contributed by atoms with Crippen molar-refractivity contribution in [2.24, 2.45) is 7.05 Å². The second-order valence-corrected chi connectivity index (χ2v) is 8.84. The van der Waals surface area contributed by atoms with Crippen molar-refractivity contribution in [2.45, 2.75) is 32.4 Å². The number of hydrogen-bond acceptors (Lipinski definition) is 4. The summed E-state index contributed by atoms with van der Waals surface area (Å²) in [6.45, 7) is 4.85. The van der Waals surface area contributed by atoms with Gasteiger partial charge in [-0.05, 0) is 31.4 Å². The predicted octanol–water partition coefficient (Wildman–Crippen LogP) is 4.34. The highest BCUT2D eigenvalue weighted by molar-refractivity contribution is 6.07. The number of hydrogen-bond donors (Lipinski definition) is 1. The van der Waals surface area contributed by atoms with E-state index in [4.69, 9.17) is 4.98 Å². The van der Waals surface area contributed by atoms with Crippen LogP contribution in [0.4, 0.5) is 0 Å². The third kappa shape index (κ3) is 4.52. The normalized spacial score (nSPS) is 15.1. The molecule has 5 rings (SSSR count). The van der Waals surface area contributed by atoms with E-state index >= 15 is 0 Å². The van der Waals surface area contributed by atoms with Gasteiger partial charge in [-0.3, -0.25) is 14.4 Å².